The molecule has 0 fully saturated rings. The van der Waals surface area contributed by atoms with Gasteiger partial charge in [-0.2, -0.15) is 0 Å². The predicted octanol–water partition coefficient (Wildman–Crippen LogP) is 3.06. The molecule has 0 radical (unpaired) electrons. The van der Waals surface area contributed by atoms with Gasteiger partial charge in [-0.15, -0.1) is 0 Å². The van der Waals surface area contributed by atoms with Crippen LogP contribution < -0.4 is 10.6 Å². The average molecular weight is 255 g/mol. The summed E-state index contributed by atoms with van der Waals surface area (Å²) in [6, 6.07) is 8.46. The van der Waals surface area contributed by atoms with Gasteiger partial charge >= 0.3 is 0 Å². The van der Waals surface area contributed by atoms with Crippen molar-refractivity contribution < 1.29 is 0 Å². The molecule has 0 aliphatic carbocycles. The number of benzene rings is 1. The van der Waals surface area contributed by atoms with Crippen molar-refractivity contribution in [2.24, 2.45) is 5.92 Å². The lowest BCUT2D eigenvalue weighted by Gasteiger charge is -2.15. The maximum absolute atomic E-state index is 5.84. The van der Waals surface area contributed by atoms with Crippen LogP contribution >= 0.6 is 11.6 Å². The van der Waals surface area contributed by atoms with Gasteiger partial charge in [0.1, 0.15) is 0 Å². The van der Waals surface area contributed by atoms with Gasteiger partial charge in [-0.25, -0.2) is 0 Å². The Labute approximate surface area is 110 Å². The van der Waals surface area contributed by atoms with E-state index in [1.807, 2.05) is 12.1 Å². The largest absolute Gasteiger partial charge is 0.315 e. The first-order valence-corrected chi connectivity index (χ1v) is 6.64. The lowest BCUT2D eigenvalue weighted by atomic mass is 10.2. The summed E-state index contributed by atoms with van der Waals surface area (Å²) in [5.74, 6) is 0.707. The maximum Gasteiger partial charge on any atom is 0.0406 e. The summed E-state index contributed by atoms with van der Waals surface area (Å²) in [7, 11) is 0. The van der Waals surface area contributed by atoms with E-state index in [1.165, 1.54) is 5.56 Å². The highest BCUT2D eigenvalue weighted by molar-refractivity contribution is 6.30. The van der Waals surface area contributed by atoms with Crippen LogP contribution in [0.4, 0.5) is 0 Å². The van der Waals surface area contributed by atoms with Gasteiger partial charge in [-0.05, 0) is 37.1 Å². The Hall–Kier alpha value is -0.570. The van der Waals surface area contributed by atoms with Crippen molar-refractivity contribution in [3.8, 4) is 0 Å². The molecule has 0 spiro atoms. The molecular formula is C14H23ClN2. The van der Waals surface area contributed by atoms with Crippen molar-refractivity contribution >= 4 is 11.6 Å². The molecule has 2 nitrogen and oxygen atoms in total. The minimum absolute atomic E-state index is 0.476. The van der Waals surface area contributed by atoms with Crippen LogP contribution in [0.15, 0.2) is 24.3 Å². The first-order valence-electron chi connectivity index (χ1n) is 6.26. The molecule has 1 unspecified atom stereocenters. The second-order valence-corrected chi connectivity index (χ2v) is 5.40. The second kappa shape index (κ2) is 7.70. The van der Waals surface area contributed by atoms with E-state index in [4.69, 9.17) is 11.6 Å². The Kier molecular flexibility index (Phi) is 6.56. The molecule has 1 rings (SSSR count). The zero-order chi connectivity index (χ0) is 12.7. The lowest BCUT2D eigenvalue weighted by Crippen LogP contribution is -2.37. The van der Waals surface area contributed by atoms with Crippen molar-refractivity contribution in [3.05, 3.63) is 34.9 Å². The van der Waals surface area contributed by atoms with Crippen molar-refractivity contribution in [3.63, 3.8) is 0 Å². The standard InChI is InChI=1S/C14H23ClN2/c1-11(2)8-16-9-12(3)17-10-13-4-6-14(15)7-5-13/h4-7,11-12,16-17H,8-10H2,1-3H3. The summed E-state index contributed by atoms with van der Waals surface area (Å²) in [6.07, 6.45) is 0. The van der Waals surface area contributed by atoms with Crippen LogP contribution in [0, 0.1) is 5.92 Å². The number of rotatable bonds is 7. The smallest absolute Gasteiger partial charge is 0.0406 e. The molecule has 0 saturated carbocycles. The van der Waals surface area contributed by atoms with Gasteiger partial charge in [0.05, 0.1) is 0 Å². The fraction of sp³-hybridized carbons (Fsp3) is 0.571. The third-order valence-corrected chi connectivity index (χ3v) is 2.82. The maximum atomic E-state index is 5.84. The molecule has 2 N–H and O–H groups in total. The van der Waals surface area contributed by atoms with E-state index >= 15 is 0 Å². The molecule has 0 heterocycles. The zero-order valence-electron chi connectivity index (χ0n) is 11.0. The van der Waals surface area contributed by atoms with Crippen LogP contribution in [0.2, 0.25) is 5.02 Å². The highest BCUT2D eigenvalue weighted by Gasteiger charge is 2.01. The molecule has 0 aromatic heterocycles. The van der Waals surface area contributed by atoms with Gasteiger partial charge in [0.15, 0.2) is 0 Å². The van der Waals surface area contributed by atoms with Gasteiger partial charge in [-0.1, -0.05) is 37.6 Å². The molecule has 1 aromatic carbocycles. The van der Waals surface area contributed by atoms with Crippen LogP contribution in [0.3, 0.4) is 0 Å². The highest BCUT2D eigenvalue weighted by atomic mass is 35.5. The van der Waals surface area contributed by atoms with Crippen LogP contribution in [0.5, 0.6) is 0 Å². The Morgan fingerprint density at radius 2 is 1.71 bits per heavy atom. The molecule has 0 amide bonds. The van der Waals surface area contributed by atoms with Crippen molar-refractivity contribution in [1.82, 2.24) is 10.6 Å². The normalized spacial score (nSPS) is 13.0. The highest BCUT2D eigenvalue weighted by Crippen LogP contribution is 2.09. The number of hydrogen-bond donors (Lipinski definition) is 2. The van der Waals surface area contributed by atoms with E-state index in [0.717, 1.165) is 24.7 Å². The summed E-state index contributed by atoms with van der Waals surface area (Å²) >= 11 is 5.84. The SMILES string of the molecule is CC(C)CNCC(C)NCc1ccc(Cl)cc1. The Balaban J connectivity index is 2.19. The van der Waals surface area contributed by atoms with Gasteiger partial charge in [0.25, 0.3) is 0 Å². The summed E-state index contributed by atoms with van der Waals surface area (Å²) in [5, 5.41) is 7.72. The van der Waals surface area contributed by atoms with E-state index in [-0.39, 0.29) is 0 Å². The Morgan fingerprint density at radius 1 is 1.06 bits per heavy atom. The lowest BCUT2D eigenvalue weighted by molar-refractivity contribution is 0.472. The van der Waals surface area contributed by atoms with Gasteiger partial charge in [0.2, 0.25) is 0 Å². The van der Waals surface area contributed by atoms with E-state index in [1.54, 1.807) is 0 Å². The van der Waals surface area contributed by atoms with Crippen LogP contribution in [-0.2, 0) is 6.54 Å². The van der Waals surface area contributed by atoms with Gasteiger partial charge < -0.3 is 10.6 Å². The van der Waals surface area contributed by atoms with Crippen molar-refractivity contribution in [2.45, 2.75) is 33.4 Å². The third kappa shape index (κ3) is 6.67. The topological polar surface area (TPSA) is 24.1 Å². The molecular weight excluding hydrogens is 232 g/mol. The zero-order valence-corrected chi connectivity index (χ0v) is 11.7. The Morgan fingerprint density at radius 3 is 2.29 bits per heavy atom. The van der Waals surface area contributed by atoms with Crippen LogP contribution in [0.25, 0.3) is 0 Å². The molecule has 3 heteroatoms. The molecule has 96 valence electrons. The van der Waals surface area contributed by atoms with Crippen molar-refractivity contribution in [1.29, 1.82) is 0 Å². The van der Waals surface area contributed by atoms with Crippen LogP contribution in [-0.4, -0.2) is 19.1 Å². The van der Waals surface area contributed by atoms with Crippen molar-refractivity contribution in [2.75, 3.05) is 13.1 Å². The predicted molar refractivity (Wildman–Crippen MR) is 75.5 cm³/mol. The van der Waals surface area contributed by atoms with E-state index in [9.17, 15) is 0 Å². The summed E-state index contributed by atoms with van der Waals surface area (Å²) in [4.78, 5) is 0. The summed E-state index contributed by atoms with van der Waals surface area (Å²) in [6.45, 7) is 9.61. The third-order valence-electron chi connectivity index (χ3n) is 2.57. The number of halogens is 1. The summed E-state index contributed by atoms with van der Waals surface area (Å²) in [5.41, 5.74) is 1.27. The summed E-state index contributed by atoms with van der Waals surface area (Å²) < 4.78 is 0. The minimum atomic E-state index is 0.476. The molecule has 1 aromatic rings. The Bertz CT molecular complexity index is 309. The first kappa shape index (κ1) is 14.5. The van der Waals surface area contributed by atoms with E-state index in [0.29, 0.717) is 12.0 Å². The van der Waals surface area contributed by atoms with Gasteiger partial charge in [0, 0.05) is 24.2 Å². The molecule has 0 saturated heterocycles. The van der Waals surface area contributed by atoms with E-state index < -0.39 is 0 Å². The average Bonchev–Trinajstić information content (AvgIpc) is 2.28. The minimum Gasteiger partial charge on any atom is -0.315 e. The number of hydrogen-bond acceptors (Lipinski definition) is 2. The number of nitrogens with one attached hydrogen (secondary N) is 2. The first-order chi connectivity index (χ1) is 8.08. The fourth-order valence-electron chi connectivity index (χ4n) is 1.56. The molecule has 0 bridgehead atoms. The molecule has 0 aliphatic heterocycles. The molecule has 17 heavy (non-hydrogen) atoms. The fourth-order valence-corrected chi connectivity index (χ4v) is 1.68. The monoisotopic (exact) mass is 254 g/mol. The molecule has 1 atom stereocenters. The van der Waals surface area contributed by atoms with E-state index in [2.05, 4.69) is 43.5 Å². The van der Waals surface area contributed by atoms with Crippen LogP contribution in [0.1, 0.15) is 26.3 Å². The quantitative estimate of drug-likeness (QED) is 0.782. The molecule has 0 aliphatic rings. The van der Waals surface area contributed by atoms with Gasteiger partial charge in [-0.3, -0.25) is 0 Å². The second-order valence-electron chi connectivity index (χ2n) is 4.96.